The average Bonchev–Trinajstić information content (AvgIpc) is 2.80. The molecule has 0 aliphatic rings. The van der Waals surface area contributed by atoms with E-state index in [1.807, 2.05) is 48.5 Å². The Morgan fingerprint density at radius 2 is 1.68 bits per heavy atom. The van der Waals surface area contributed by atoms with E-state index in [9.17, 15) is 9.90 Å². The van der Waals surface area contributed by atoms with E-state index in [0.717, 1.165) is 55.0 Å². The van der Waals surface area contributed by atoms with Crippen LogP contribution in [0.3, 0.4) is 0 Å². The zero-order chi connectivity index (χ0) is 22.1. The zero-order valence-corrected chi connectivity index (χ0v) is 18.6. The van der Waals surface area contributed by atoms with Crippen molar-refractivity contribution in [2.24, 2.45) is 0 Å². The van der Waals surface area contributed by atoms with Gasteiger partial charge in [-0.15, -0.1) is 0 Å². The summed E-state index contributed by atoms with van der Waals surface area (Å²) in [6.07, 6.45) is 6.02. The van der Waals surface area contributed by atoms with E-state index in [0.29, 0.717) is 25.5 Å². The fraction of sp³-hybridized carbons (Fsp3) is 0.423. The van der Waals surface area contributed by atoms with Gasteiger partial charge in [0.05, 0.1) is 12.1 Å². The number of unbranched alkanes of at least 4 members (excludes halogenated alkanes) is 4. The Labute approximate surface area is 184 Å². The molecular weight excluding hydrogens is 390 g/mol. The fourth-order valence-corrected chi connectivity index (χ4v) is 3.60. The van der Waals surface area contributed by atoms with Gasteiger partial charge in [0.25, 0.3) is 5.56 Å². The molecule has 0 fully saturated rings. The molecule has 31 heavy (non-hydrogen) atoms. The van der Waals surface area contributed by atoms with Gasteiger partial charge >= 0.3 is 0 Å². The summed E-state index contributed by atoms with van der Waals surface area (Å²) < 4.78 is 13.5. The molecule has 0 saturated carbocycles. The van der Waals surface area contributed by atoms with Gasteiger partial charge in [-0.05, 0) is 30.5 Å². The van der Waals surface area contributed by atoms with Crippen molar-refractivity contribution in [1.82, 2.24) is 4.57 Å². The second-order valence-corrected chi connectivity index (χ2v) is 7.85. The third-order valence-corrected chi connectivity index (χ3v) is 5.40. The van der Waals surface area contributed by atoms with Crippen LogP contribution in [0, 0.1) is 0 Å². The van der Waals surface area contributed by atoms with Gasteiger partial charge in [0, 0.05) is 18.0 Å². The van der Waals surface area contributed by atoms with E-state index in [2.05, 4.69) is 13.8 Å². The highest BCUT2D eigenvalue weighted by Crippen LogP contribution is 2.34. The van der Waals surface area contributed by atoms with E-state index < -0.39 is 5.56 Å². The fourth-order valence-electron chi connectivity index (χ4n) is 3.60. The van der Waals surface area contributed by atoms with Gasteiger partial charge in [-0.3, -0.25) is 4.79 Å². The van der Waals surface area contributed by atoms with Gasteiger partial charge in [0.2, 0.25) is 5.75 Å². The highest BCUT2D eigenvalue weighted by Gasteiger charge is 2.18. The predicted octanol–water partition coefficient (Wildman–Crippen LogP) is 6.05. The maximum absolute atomic E-state index is 13.0. The lowest BCUT2D eigenvalue weighted by molar-refractivity contribution is 0.293. The lowest BCUT2D eigenvalue weighted by Crippen LogP contribution is -2.21. The number of ether oxygens (including phenoxy) is 2. The topological polar surface area (TPSA) is 60.7 Å². The van der Waals surface area contributed by atoms with E-state index in [-0.39, 0.29) is 11.5 Å². The summed E-state index contributed by atoms with van der Waals surface area (Å²) in [5.41, 5.74) is 1.40. The van der Waals surface area contributed by atoms with Gasteiger partial charge in [-0.25, -0.2) is 0 Å². The number of nitrogens with zero attached hydrogens (tertiary/aromatic N) is 1. The number of hydrogen-bond donors (Lipinski definition) is 1. The van der Waals surface area contributed by atoms with Crippen LogP contribution in [0.15, 0.2) is 53.3 Å². The molecule has 0 aliphatic heterocycles. The lowest BCUT2D eigenvalue weighted by atomic mass is 10.1. The quantitative estimate of drug-likeness (QED) is 0.361. The second-order valence-electron chi connectivity index (χ2n) is 7.85. The van der Waals surface area contributed by atoms with Crippen molar-refractivity contribution < 1.29 is 14.6 Å². The van der Waals surface area contributed by atoms with E-state index in [1.165, 1.54) is 0 Å². The number of fused-ring (bicyclic) bond motifs is 1. The minimum absolute atomic E-state index is 0.271. The molecule has 5 nitrogen and oxygen atoms in total. The Kier molecular flexibility index (Phi) is 8.39. The molecule has 0 spiro atoms. The second kappa shape index (κ2) is 11.4. The standard InChI is InChI=1S/C26H33NO4/c1-3-5-7-11-16-27-23-18-21(31-19-20-12-9-8-10-13-20)14-15-22(23)25(24(28)26(27)29)30-17-6-4-2/h8-10,12-15,18,28H,3-7,11,16-17,19H2,1-2H3. The number of aryl methyl sites for hydroxylation is 1. The molecule has 1 N–H and O–H groups in total. The van der Waals surface area contributed by atoms with Crippen LogP contribution in [0.2, 0.25) is 0 Å². The maximum atomic E-state index is 13.0. The summed E-state index contributed by atoms with van der Waals surface area (Å²) >= 11 is 0. The molecule has 0 amide bonds. The van der Waals surface area contributed by atoms with Crippen molar-refractivity contribution in [2.45, 2.75) is 65.5 Å². The first-order valence-electron chi connectivity index (χ1n) is 11.3. The van der Waals surface area contributed by atoms with Crippen LogP contribution in [0.4, 0.5) is 0 Å². The SMILES string of the molecule is CCCCCCn1c(=O)c(O)c(OCCCC)c2ccc(OCc3ccccc3)cc21. The molecular formula is C26H33NO4. The van der Waals surface area contributed by atoms with Crippen LogP contribution in [-0.4, -0.2) is 16.3 Å². The molecule has 0 bridgehead atoms. The van der Waals surface area contributed by atoms with Gasteiger partial charge in [0.1, 0.15) is 12.4 Å². The van der Waals surface area contributed by atoms with Gasteiger partial charge in [-0.2, -0.15) is 0 Å². The summed E-state index contributed by atoms with van der Waals surface area (Å²) in [5, 5.41) is 11.3. The van der Waals surface area contributed by atoms with Crippen molar-refractivity contribution in [3.63, 3.8) is 0 Å². The lowest BCUT2D eigenvalue weighted by Gasteiger charge is -2.17. The van der Waals surface area contributed by atoms with Crippen LogP contribution in [0.1, 0.15) is 57.9 Å². The zero-order valence-electron chi connectivity index (χ0n) is 18.6. The minimum Gasteiger partial charge on any atom is -0.500 e. The summed E-state index contributed by atoms with van der Waals surface area (Å²) in [6.45, 7) is 5.70. The van der Waals surface area contributed by atoms with E-state index in [4.69, 9.17) is 9.47 Å². The molecule has 2 aromatic carbocycles. The van der Waals surface area contributed by atoms with E-state index >= 15 is 0 Å². The minimum atomic E-state index is -0.407. The summed E-state index contributed by atoms with van der Waals surface area (Å²) in [5.74, 6) is 0.646. The molecule has 5 heteroatoms. The van der Waals surface area contributed by atoms with Crippen LogP contribution >= 0.6 is 0 Å². The normalized spacial score (nSPS) is 11.0. The molecule has 166 valence electrons. The Hall–Kier alpha value is -2.95. The Morgan fingerprint density at radius 3 is 2.42 bits per heavy atom. The van der Waals surface area contributed by atoms with Gasteiger partial charge in [-0.1, -0.05) is 69.9 Å². The molecule has 3 aromatic rings. The summed E-state index contributed by atoms with van der Waals surface area (Å²) in [7, 11) is 0. The Morgan fingerprint density at radius 1 is 0.903 bits per heavy atom. The van der Waals surface area contributed by atoms with E-state index in [1.54, 1.807) is 4.57 Å². The van der Waals surface area contributed by atoms with Crippen molar-refractivity contribution in [3.05, 3.63) is 64.4 Å². The number of rotatable bonds is 12. The molecule has 0 saturated heterocycles. The number of benzene rings is 2. The molecule has 0 unspecified atom stereocenters. The number of hydrogen-bond acceptors (Lipinski definition) is 4. The largest absolute Gasteiger partial charge is 0.500 e. The molecule has 3 rings (SSSR count). The summed E-state index contributed by atoms with van der Waals surface area (Å²) in [6, 6.07) is 15.6. The Balaban J connectivity index is 1.96. The van der Waals surface area contributed by atoms with Crippen molar-refractivity contribution in [2.75, 3.05) is 6.61 Å². The number of aromatic nitrogens is 1. The predicted molar refractivity (Wildman–Crippen MR) is 125 cm³/mol. The molecule has 0 aliphatic carbocycles. The third-order valence-electron chi connectivity index (χ3n) is 5.40. The average molecular weight is 424 g/mol. The van der Waals surface area contributed by atoms with Gasteiger partial charge in [0.15, 0.2) is 5.75 Å². The first kappa shape index (κ1) is 22.7. The highest BCUT2D eigenvalue weighted by atomic mass is 16.5. The number of pyridine rings is 1. The smallest absolute Gasteiger partial charge is 0.297 e. The van der Waals surface area contributed by atoms with Crippen molar-refractivity contribution in [3.8, 4) is 17.2 Å². The van der Waals surface area contributed by atoms with Crippen LogP contribution in [-0.2, 0) is 13.2 Å². The van der Waals surface area contributed by atoms with Crippen molar-refractivity contribution >= 4 is 10.9 Å². The highest BCUT2D eigenvalue weighted by molar-refractivity contribution is 5.88. The van der Waals surface area contributed by atoms with Crippen LogP contribution < -0.4 is 15.0 Å². The first-order chi connectivity index (χ1) is 15.2. The maximum Gasteiger partial charge on any atom is 0.297 e. The van der Waals surface area contributed by atoms with Gasteiger partial charge < -0.3 is 19.1 Å². The monoisotopic (exact) mass is 423 g/mol. The third kappa shape index (κ3) is 5.81. The first-order valence-corrected chi connectivity index (χ1v) is 11.3. The van der Waals surface area contributed by atoms with Crippen LogP contribution in [0.5, 0.6) is 17.2 Å². The van der Waals surface area contributed by atoms with Crippen molar-refractivity contribution in [1.29, 1.82) is 0 Å². The molecule has 0 atom stereocenters. The number of aromatic hydroxyl groups is 1. The van der Waals surface area contributed by atoms with Crippen LogP contribution in [0.25, 0.3) is 10.9 Å². The summed E-state index contributed by atoms with van der Waals surface area (Å²) in [4.78, 5) is 13.0. The molecule has 1 aromatic heterocycles. The Bertz CT molecular complexity index is 1030. The molecule has 1 heterocycles. The molecule has 0 radical (unpaired) electrons.